The summed E-state index contributed by atoms with van der Waals surface area (Å²) < 4.78 is 12.6. The van der Waals surface area contributed by atoms with Crippen molar-refractivity contribution in [2.75, 3.05) is 6.61 Å². The van der Waals surface area contributed by atoms with Crippen molar-refractivity contribution in [3.8, 4) is 0 Å². The highest BCUT2D eigenvalue weighted by molar-refractivity contribution is 5.15. The lowest BCUT2D eigenvalue weighted by Crippen LogP contribution is -2.26. The molecule has 3 heteroatoms. The molecule has 0 amide bonds. The normalized spacial score (nSPS) is 12.8. The second-order valence-corrected chi connectivity index (χ2v) is 3.42. The fraction of sp³-hybridized carbons (Fsp3) is 0.455. The van der Waals surface area contributed by atoms with Crippen LogP contribution in [0.5, 0.6) is 0 Å². The molecule has 1 unspecified atom stereocenters. The Morgan fingerprint density at radius 3 is 2.57 bits per heavy atom. The van der Waals surface area contributed by atoms with Crippen molar-refractivity contribution >= 4 is 0 Å². The average Bonchev–Trinajstić information content (AvgIpc) is 2.17. The summed E-state index contributed by atoms with van der Waals surface area (Å²) in [5, 5.41) is 11.9. The van der Waals surface area contributed by atoms with Gasteiger partial charge in [0.15, 0.2) is 0 Å². The third-order valence-electron chi connectivity index (χ3n) is 2.13. The maximum atomic E-state index is 12.6. The molecule has 0 aliphatic heterocycles. The summed E-state index contributed by atoms with van der Waals surface area (Å²) in [5.41, 5.74) is 1.05. The molecule has 0 radical (unpaired) electrons. The average molecular weight is 197 g/mol. The van der Waals surface area contributed by atoms with Gasteiger partial charge in [-0.05, 0) is 31.0 Å². The van der Waals surface area contributed by atoms with Gasteiger partial charge in [0.05, 0.1) is 0 Å². The van der Waals surface area contributed by atoms with Crippen LogP contribution in [0.1, 0.15) is 18.9 Å². The number of benzene rings is 1. The van der Waals surface area contributed by atoms with E-state index in [1.165, 1.54) is 12.1 Å². The SMILES string of the molecule is CC(CCO)NCc1ccc(F)cc1. The van der Waals surface area contributed by atoms with Crippen LogP contribution in [0, 0.1) is 5.82 Å². The van der Waals surface area contributed by atoms with Gasteiger partial charge in [-0.15, -0.1) is 0 Å². The minimum Gasteiger partial charge on any atom is -0.396 e. The first-order valence-corrected chi connectivity index (χ1v) is 4.81. The van der Waals surface area contributed by atoms with Crippen molar-refractivity contribution in [2.24, 2.45) is 0 Å². The highest BCUT2D eigenvalue weighted by Gasteiger charge is 2.00. The first kappa shape index (κ1) is 11.1. The molecule has 78 valence electrons. The zero-order valence-electron chi connectivity index (χ0n) is 8.33. The highest BCUT2D eigenvalue weighted by Crippen LogP contribution is 2.02. The summed E-state index contributed by atoms with van der Waals surface area (Å²) in [4.78, 5) is 0. The van der Waals surface area contributed by atoms with Crippen LogP contribution in [0.25, 0.3) is 0 Å². The van der Waals surface area contributed by atoms with Gasteiger partial charge in [-0.25, -0.2) is 4.39 Å². The molecule has 1 rings (SSSR count). The molecule has 0 aliphatic rings. The molecule has 2 nitrogen and oxygen atoms in total. The molecular weight excluding hydrogens is 181 g/mol. The van der Waals surface area contributed by atoms with E-state index in [9.17, 15) is 4.39 Å². The Hall–Kier alpha value is -0.930. The first-order valence-electron chi connectivity index (χ1n) is 4.81. The number of hydrogen-bond donors (Lipinski definition) is 2. The van der Waals surface area contributed by atoms with Crippen LogP contribution in [0.15, 0.2) is 24.3 Å². The molecule has 0 aromatic heterocycles. The molecule has 0 saturated heterocycles. The molecule has 2 N–H and O–H groups in total. The van der Waals surface area contributed by atoms with Gasteiger partial charge < -0.3 is 10.4 Å². The van der Waals surface area contributed by atoms with Gasteiger partial charge in [0.1, 0.15) is 5.82 Å². The Morgan fingerprint density at radius 2 is 2.00 bits per heavy atom. The van der Waals surface area contributed by atoms with E-state index in [4.69, 9.17) is 5.11 Å². The van der Waals surface area contributed by atoms with Gasteiger partial charge in [0.2, 0.25) is 0 Å². The van der Waals surface area contributed by atoms with Crippen molar-refractivity contribution in [3.05, 3.63) is 35.6 Å². The van der Waals surface area contributed by atoms with E-state index in [1.54, 1.807) is 12.1 Å². The third kappa shape index (κ3) is 3.85. The summed E-state index contributed by atoms with van der Waals surface area (Å²) in [5.74, 6) is -0.211. The predicted molar refractivity (Wildman–Crippen MR) is 54.4 cm³/mol. The van der Waals surface area contributed by atoms with E-state index in [-0.39, 0.29) is 18.5 Å². The van der Waals surface area contributed by atoms with Crippen molar-refractivity contribution in [1.82, 2.24) is 5.32 Å². The monoisotopic (exact) mass is 197 g/mol. The van der Waals surface area contributed by atoms with Crippen LogP contribution < -0.4 is 5.32 Å². The predicted octanol–water partition coefficient (Wildman–Crippen LogP) is 1.69. The molecule has 0 aliphatic carbocycles. The molecule has 0 spiro atoms. The van der Waals surface area contributed by atoms with Gasteiger partial charge in [0, 0.05) is 19.2 Å². The van der Waals surface area contributed by atoms with E-state index >= 15 is 0 Å². The van der Waals surface area contributed by atoms with Crippen LogP contribution in [0.2, 0.25) is 0 Å². The molecule has 0 saturated carbocycles. The van der Waals surface area contributed by atoms with E-state index < -0.39 is 0 Å². The van der Waals surface area contributed by atoms with Crippen LogP contribution in [0.4, 0.5) is 4.39 Å². The van der Waals surface area contributed by atoms with Crippen molar-refractivity contribution in [2.45, 2.75) is 25.9 Å². The lowest BCUT2D eigenvalue weighted by atomic mass is 10.2. The van der Waals surface area contributed by atoms with E-state index in [0.717, 1.165) is 12.0 Å². The fourth-order valence-corrected chi connectivity index (χ4v) is 1.19. The Bertz CT molecular complexity index is 260. The van der Waals surface area contributed by atoms with Gasteiger partial charge >= 0.3 is 0 Å². The van der Waals surface area contributed by atoms with Crippen LogP contribution >= 0.6 is 0 Å². The van der Waals surface area contributed by atoms with Crippen molar-refractivity contribution in [1.29, 1.82) is 0 Å². The summed E-state index contributed by atoms with van der Waals surface area (Å²) in [6.07, 6.45) is 0.737. The number of aliphatic hydroxyl groups is 1. The highest BCUT2D eigenvalue weighted by atomic mass is 19.1. The van der Waals surface area contributed by atoms with Gasteiger partial charge in [-0.1, -0.05) is 12.1 Å². The Morgan fingerprint density at radius 1 is 1.36 bits per heavy atom. The first-order chi connectivity index (χ1) is 6.72. The number of aliphatic hydroxyl groups excluding tert-OH is 1. The summed E-state index contributed by atoms with van der Waals surface area (Å²) >= 11 is 0. The Labute approximate surface area is 83.8 Å². The van der Waals surface area contributed by atoms with Gasteiger partial charge in [-0.2, -0.15) is 0 Å². The number of nitrogens with one attached hydrogen (secondary N) is 1. The van der Waals surface area contributed by atoms with Crippen LogP contribution in [-0.4, -0.2) is 17.8 Å². The zero-order valence-corrected chi connectivity index (χ0v) is 8.33. The fourth-order valence-electron chi connectivity index (χ4n) is 1.19. The largest absolute Gasteiger partial charge is 0.396 e. The Kier molecular flexibility index (Phi) is 4.56. The zero-order chi connectivity index (χ0) is 10.4. The maximum absolute atomic E-state index is 12.6. The lowest BCUT2D eigenvalue weighted by Gasteiger charge is -2.11. The number of hydrogen-bond acceptors (Lipinski definition) is 2. The van der Waals surface area contributed by atoms with E-state index in [0.29, 0.717) is 6.54 Å². The molecule has 14 heavy (non-hydrogen) atoms. The molecule has 1 aromatic rings. The second kappa shape index (κ2) is 5.73. The van der Waals surface area contributed by atoms with Gasteiger partial charge in [-0.3, -0.25) is 0 Å². The van der Waals surface area contributed by atoms with E-state index in [2.05, 4.69) is 5.32 Å². The summed E-state index contributed by atoms with van der Waals surface area (Å²) in [6.45, 7) is 2.92. The minimum atomic E-state index is -0.211. The van der Waals surface area contributed by atoms with Crippen molar-refractivity contribution < 1.29 is 9.50 Å². The molecule has 0 fully saturated rings. The van der Waals surface area contributed by atoms with Crippen LogP contribution in [0.3, 0.4) is 0 Å². The summed E-state index contributed by atoms with van der Waals surface area (Å²) in [6, 6.07) is 6.70. The smallest absolute Gasteiger partial charge is 0.123 e. The molecule has 0 heterocycles. The second-order valence-electron chi connectivity index (χ2n) is 3.42. The molecule has 1 aromatic carbocycles. The van der Waals surface area contributed by atoms with Crippen LogP contribution in [-0.2, 0) is 6.54 Å². The van der Waals surface area contributed by atoms with Crippen molar-refractivity contribution in [3.63, 3.8) is 0 Å². The number of halogens is 1. The topological polar surface area (TPSA) is 32.3 Å². The van der Waals surface area contributed by atoms with Gasteiger partial charge in [0.25, 0.3) is 0 Å². The third-order valence-corrected chi connectivity index (χ3v) is 2.13. The molecule has 1 atom stereocenters. The quantitative estimate of drug-likeness (QED) is 0.752. The minimum absolute atomic E-state index is 0.192. The lowest BCUT2D eigenvalue weighted by molar-refractivity contribution is 0.268. The standard InChI is InChI=1S/C11H16FNO/c1-9(6-7-14)13-8-10-2-4-11(12)5-3-10/h2-5,9,13-14H,6-8H2,1H3. The molecule has 0 bridgehead atoms. The van der Waals surface area contributed by atoms with E-state index in [1.807, 2.05) is 6.92 Å². The molecular formula is C11H16FNO. The maximum Gasteiger partial charge on any atom is 0.123 e. The summed E-state index contributed by atoms with van der Waals surface area (Å²) in [7, 11) is 0. The number of rotatable bonds is 5. The Balaban J connectivity index is 2.34.